The molecule has 2 heterocycles. The third-order valence-electron chi connectivity index (χ3n) is 10.7. The van der Waals surface area contributed by atoms with Gasteiger partial charge in [0.1, 0.15) is 11.6 Å². The predicted octanol–water partition coefficient (Wildman–Crippen LogP) is 7.01. The lowest BCUT2D eigenvalue weighted by atomic mass is 9.56. The van der Waals surface area contributed by atoms with Crippen LogP contribution in [-0.4, -0.2) is 38.5 Å². The van der Waals surface area contributed by atoms with Crippen molar-refractivity contribution in [3.63, 3.8) is 0 Å². The van der Waals surface area contributed by atoms with Crippen molar-refractivity contribution in [3.8, 4) is 5.75 Å². The summed E-state index contributed by atoms with van der Waals surface area (Å²) in [4.78, 5) is 55.4. The smallest absolute Gasteiger partial charge is 0.258 e. The number of carbonyl (C=O) groups is 4. The number of phenols is 1. The van der Waals surface area contributed by atoms with Crippen molar-refractivity contribution in [1.29, 1.82) is 0 Å². The Labute approximate surface area is 285 Å². The van der Waals surface area contributed by atoms with Crippen molar-refractivity contribution in [2.45, 2.75) is 41.9 Å². The number of aryl methyl sites for hydroxylation is 1. The predicted molar refractivity (Wildman–Crippen MR) is 181 cm³/mol. The third kappa shape index (κ3) is 3.99. The molecule has 2 aliphatic carbocycles. The molecule has 2 saturated heterocycles. The second kappa shape index (κ2) is 10.7. The van der Waals surface area contributed by atoms with Gasteiger partial charge >= 0.3 is 0 Å². The van der Waals surface area contributed by atoms with Gasteiger partial charge in [0.05, 0.1) is 23.2 Å². The number of anilines is 2. The maximum absolute atomic E-state index is 14.6. The molecule has 8 rings (SSSR count). The Hall–Kier alpha value is -4.53. The molecule has 0 radical (unpaired) electrons. The molecule has 4 aromatic carbocycles. The molecule has 3 fully saturated rings. The molecule has 242 valence electrons. The molecule has 0 aromatic heterocycles. The summed E-state index contributed by atoms with van der Waals surface area (Å²) in [7, 11) is 0. The number of phenolic OH excluding ortho intramolecular Hbond substituents is 1. The van der Waals surface area contributed by atoms with Gasteiger partial charge in [-0.3, -0.25) is 24.1 Å². The third-order valence-corrected chi connectivity index (χ3v) is 12.2. The number of fused-ring (bicyclic) bond motifs is 5. The van der Waals surface area contributed by atoms with Crippen LogP contribution in [-0.2, 0) is 25.6 Å². The van der Waals surface area contributed by atoms with Gasteiger partial charge in [-0.15, -0.1) is 23.2 Å². The molecule has 4 aromatic rings. The molecule has 1 N–H and O–H groups in total. The van der Waals surface area contributed by atoms with Crippen LogP contribution in [0, 0.1) is 23.6 Å². The Kier molecular flexibility index (Phi) is 6.89. The first-order valence-corrected chi connectivity index (χ1v) is 16.7. The molecule has 0 bridgehead atoms. The number of amides is 4. The first-order valence-electron chi connectivity index (χ1n) is 15.9. The van der Waals surface area contributed by atoms with Gasteiger partial charge < -0.3 is 5.11 Å². The van der Waals surface area contributed by atoms with Gasteiger partial charge in [-0.25, -0.2) is 9.29 Å². The van der Waals surface area contributed by atoms with Crippen LogP contribution >= 0.6 is 23.2 Å². The zero-order chi connectivity index (χ0) is 33.7. The lowest BCUT2D eigenvalue weighted by Crippen LogP contribution is -2.60. The summed E-state index contributed by atoms with van der Waals surface area (Å²) < 4.78 is 13.9. The normalized spacial score (nSPS) is 29.6. The maximum atomic E-state index is 14.6. The molecule has 4 amide bonds. The highest BCUT2D eigenvalue weighted by Gasteiger charge is 2.76. The summed E-state index contributed by atoms with van der Waals surface area (Å²) in [5, 5.41) is 11.9. The van der Waals surface area contributed by atoms with E-state index in [1.807, 2.05) is 25.1 Å². The average molecular weight is 684 g/mol. The van der Waals surface area contributed by atoms with Crippen molar-refractivity contribution >= 4 is 69.0 Å². The summed E-state index contributed by atoms with van der Waals surface area (Å²) >= 11 is 15.0. The van der Waals surface area contributed by atoms with E-state index < -0.39 is 57.0 Å². The van der Waals surface area contributed by atoms with E-state index in [0.29, 0.717) is 27.6 Å². The molecule has 10 heteroatoms. The van der Waals surface area contributed by atoms with Gasteiger partial charge in [0, 0.05) is 11.3 Å². The Morgan fingerprint density at radius 3 is 2.12 bits per heavy atom. The average Bonchev–Trinajstić information content (AvgIpc) is 3.43. The van der Waals surface area contributed by atoms with E-state index in [9.17, 15) is 28.7 Å². The number of rotatable bonds is 4. The summed E-state index contributed by atoms with van der Waals surface area (Å²) in [6.45, 7) is 2.02. The fraction of sp³-hybridized carbons (Fsp3) is 0.263. The first kappa shape index (κ1) is 30.8. The number of benzene rings is 4. The number of imide groups is 2. The lowest BCUT2D eigenvalue weighted by Gasteiger charge is -2.51. The fourth-order valence-electron chi connectivity index (χ4n) is 8.44. The molecule has 6 atom stereocenters. The monoisotopic (exact) mass is 682 g/mol. The highest BCUT2D eigenvalue weighted by atomic mass is 35.5. The van der Waals surface area contributed by atoms with E-state index in [0.717, 1.165) is 29.0 Å². The van der Waals surface area contributed by atoms with Crippen molar-refractivity contribution in [2.24, 2.45) is 17.8 Å². The number of aromatic hydroxyl groups is 1. The minimum atomic E-state index is -2.07. The van der Waals surface area contributed by atoms with E-state index in [2.05, 4.69) is 0 Å². The van der Waals surface area contributed by atoms with Crippen molar-refractivity contribution in [2.75, 3.05) is 9.80 Å². The van der Waals surface area contributed by atoms with Gasteiger partial charge in [-0.1, -0.05) is 61.0 Å². The Morgan fingerprint density at radius 1 is 0.792 bits per heavy atom. The van der Waals surface area contributed by atoms with Crippen molar-refractivity contribution in [1.82, 2.24) is 0 Å². The van der Waals surface area contributed by atoms with Crippen LogP contribution in [0.5, 0.6) is 5.75 Å². The van der Waals surface area contributed by atoms with Crippen LogP contribution in [0.3, 0.4) is 0 Å². The molecular formula is C38H29Cl2FN2O5. The molecule has 48 heavy (non-hydrogen) atoms. The summed E-state index contributed by atoms with van der Waals surface area (Å²) in [5.41, 5.74) is 2.83. The van der Waals surface area contributed by atoms with E-state index in [1.54, 1.807) is 42.5 Å². The summed E-state index contributed by atoms with van der Waals surface area (Å²) in [6.07, 6.45) is 2.73. The van der Waals surface area contributed by atoms with Crippen molar-refractivity contribution in [3.05, 3.63) is 114 Å². The van der Waals surface area contributed by atoms with Gasteiger partial charge in [0.15, 0.2) is 9.75 Å². The van der Waals surface area contributed by atoms with E-state index >= 15 is 0 Å². The van der Waals surface area contributed by atoms with Crippen LogP contribution in [0.25, 0.3) is 10.8 Å². The Balaban J connectivity index is 1.32. The zero-order valence-electron chi connectivity index (χ0n) is 25.7. The number of halogens is 3. The molecule has 6 unspecified atom stereocenters. The molecule has 1 saturated carbocycles. The summed E-state index contributed by atoms with van der Waals surface area (Å²) in [5.74, 6) is -6.10. The number of nitrogens with zero attached hydrogens (tertiary/aromatic N) is 2. The van der Waals surface area contributed by atoms with E-state index in [-0.39, 0.29) is 30.2 Å². The van der Waals surface area contributed by atoms with E-state index in [4.69, 9.17) is 23.2 Å². The molecule has 2 aliphatic heterocycles. The number of allylic oxidation sites excluding steroid dienone is 2. The Bertz CT molecular complexity index is 2100. The highest BCUT2D eigenvalue weighted by molar-refractivity contribution is 6.58. The molecule has 0 spiro atoms. The van der Waals surface area contributed by atoms with Gasteiger partial charge in [0.25, 0.3) is 11.8 Å². The quantitative estimate of drug-likeness (QED) is 0.142. The topological polar surface area (TPSA) is 95.0 Å². The summed E-state index contributed by atoms with van der Waals surface area (Å²) in [6, 6.07) is 22.5. The van der Waals surface area contributed by atoms with Crippen LogP contribution in [0.1, 0.15) is 36.8 Å². The van der Waals surface area contributed by atoms with Crippen LogP contribution in [0.15, 0.2) is 96.6 Å². The highest BCUT2D eigenvalue weighted by Crippen LogP contribution is 2.66. The van der Waals surface area contributed by atoms with E-state index in [1.165, 1.54) is 23.1 Å². The minimum absolute atomic E-state index is 0.0169. The fourth-order valence-corrected chi connectivity index (χ4v) is 9.36. The lowest BCUT2D eigenvalue weighted by molar-refractivity contribution is -0.125. The number of alkyl halides is 2. The standard InChI is InChI=1S/C38H29Cl2FN2O5/c1-2-20-7-11-22(12-8-20)42-33(45)28-16-15-27-29(31(28)34(42)46)19-37(39)35(47)43(23-13-9-21(41)10-14-23)36(48)38(37,40)32(27)26-17-18-30(44)25-6-4-3-5-24(25)26/h3-15,17-18,28-29,31-32,44H,2,16,19H2,1H3. The molecular weight excluding hydrogens is 654 g/mol. The second-order valence-corrected chi connectivity index (χ2v) is 14.2. The number of carbonyl (C=O) groups excluding carboxylic acids is 4. The van der Waals surface area contributed by atoms with Gasteiger partial charge in [-0.05, 0) is 84.2 Å². The number of hydrogen-bond donors (Lipinski definition) is 1. The SMILES string of the molecule is CCc1ccc(N2C(=O)C3CC=C4C(CC5(Cl)C(=O)N(c6ccc(F)cc6)C(=O)C5(Cl)C4c4ccc(O)c5ccccc45)C3C2=O)cc1. The van der Waals surface area contributed by atoms with Crippen molar-refractivity contribution < 1.29 is 28.7 Å². The number of hydrogen-bond acceptors (Lipinski definition) is 5. The van der Waals surface area contributed by atoms with Crippen LogP contribution in [0.4, 0.5) is 15.8 Å². The maximum Gasteiger partial charge on any atom is 0.258 e. The minimum Gasteiger partial charge on any atom is -0.507 e. The second-order valence-electron chi connectivity index (χ2n) is 13.0. The Morgan fingerprint density at radius 2 is 1.44 bits per heavy atom. The van der Waals surface area contributed by atoms with Gasteiger partial charge in [-0.2, -0.15) is 0 Å². The van der Waals surface area contributed by atoms with Gasteiger partial charge in [0.2, 0.25) is 11.8 Å². The zero-order valence-corrected chi connectivity index (χ0v) is 27.2. The largest absolute Gasteiger partial charge is 0.507 e. The molecule has 4 aliphatic rings. The van der Waals surface area contributed by atoms with Crippen LogP contribution < -0.4 is 9.80 Å². The van der Waals surface area contributed by atoms with Crippen LogP contribution in [0.2, 0.25) is 0 Å². The first-order chi connectivity index (χ1) is 23.0. The molecule has 7 nitrogen and oxygen atoms in total.